The molecular weight excluding hydrogens is 282 g/mol. The number of hydrogen-bond donors (Lipinski definition) is 1. The van der Waals surface area contributed by atoms with Gasteiger partial charge in [-0.15, -0.1) is 0 Å². The van der Waals surface area contributed by atoms with Crippen LogP contribution < -0.4 is 14.8 Å². The van der Waals surface area contributed by atoms with Crippen molar-refractivity contribution in [1.29, 1.82) is 0 Å². The van der Waals surface area contributed by atoms with E-state index in [9.17, 15) is 0 Å². The summed E-state index contributed by atoms with van der Waals surface area (Å²) in [6, 6.07) is 6.57. The summed E-state index contributed by atoms with van der Waals surface area (Å²) in [6.07, 6.45) is 4.15. The van der Waals surface area contributed by atoms with Crippen LogP contribution in [0.1, 0.15) is 31.2 Å². The van der Waals surface area contributed by atoms with Gasteiger partial charge in [-0.2, -0.15) is 0 Å². The fraction of sp³-hybridized carbons (Fsp3) is 0.647. The van der Waals surface area contributed by atoms with E-state index in [1.807, 2.05) is 12.1 Å². The molecule has 1 heterocycles. The molecule has 22 heavy (non-hydrogen) atoms. The second kappa shape index (κ2) is 6.86. The van der Waals surface area contributed by atoms with Gasteiger partial charge in [0, 0.05) is 25.4 Å². The molecule has 5 nitrogen and oxygen atoms in total. The van der Waals surface area contributed by atoms with E-state index in [-0.39, 0.29) is 5.79 Å². The molecule has 1 spiro atoms. The Labute approximate surface area is 131 Å². The van der Waals surface area contributed by atoms with Gasteiger partial charge in [0.2, 0.25) is 0 Å². The lowest BCUT2D eigenvalue weighted by Crippen LogP contribution is -2.41. The molecule has 0 bridgehead atoms. The maximum Gasteiger partial charge on any atom is 0.168 e. The lowest BCUT2D eigenvalue weighted by Gasteiger charge is -2.35. The Bertz CT molecular complexity index is 489. The monoisotopic (exact) mass is 307 g/mol. The second-order valence-electron chi connectivity index (χ2n) is 5.95. The van der Waals surface area contributed by atoms with Gasteiger partial charge in [-0.05, 0) is 30.5 Å². The predicted octanol–water partition coefficient (Wildman–Crippen LogP) is 2.48. The lowest BCUT2D eigenvalue weighted by atomic mass is 9.90. The van der Waals surface area contributed by atoms with Crippen LogP contribution in [0.25, 0.3) is 0 Å². The maximum atomic E-state index is 5.77. The number of benzene rings is 1. The summed E-state index contributed by atoms with van der Waals surface area (Å²) in [6.45, 7) is 2.31. The Hall–Kier alpha value is -1.30. The SMILES string of the molecule is COc1ccc(CNC2CCC3(CC2)OCCO3)cc1OC. The Kier molecular flexibility index (Phi) is 4.86. The third-order valence-corrected chi connectivity index (χ3v) is 4.60. The van der Waals surface area contributed by atoms with Crippen LogP contribution in [0.2, 0.25) is 0 Å². The molecule has 2 aliphatic rings. The van der Waals surface area contributed by atoms with E-state index >= 15 is 0 Å². The first-order valence-corrected chi connectivity index (χ1v) is 7.97. The molecular formula is C17H25NO4. The molecule has 1 saturated carbocycles. The summed E-state index contributed by atoms with van der Waals surface area (Å²) >= 11 is 0. The Morgan fingerprint density at radius 3 is 2.41 bits per heavy atom. The van der Waals surface area contributed by atoms with Crippen molar-refractivity contribution in [1.82, 2.24) is 5.32 Å². The molecule has 0 unspecified atom stereocenters. The molecule has 1 aromatic rings. The molecule has 1 N–H and O–H groups in total. The topological polar surface area (TPSA) is 49.0 Å². The molecule has 0 atom stereocenters. The fourth-order valence-corrected chi connectivity index (χ4v) is 3.30. The molecule has 1 aliphatic carbocycles. The van der Waals surface area contributed by atoms with Crippen molar-refractivity contribution in [2.75, 3.05) is 27.4 Å². The maximum absolute atomic E-state index is 5.77. The van der Waals surface area contributed by atoms with Gasteiger partial charge in [0.1, 0.15) is 0 Å². The zero-order chi connectivity index (χ0) is 15.4. The van der Waals surface area contributed by atoms with Crippen LogP contribution in [-0.2, 0) is 16.0 Å². The first-order chi connectivity index (χ1) is 10.7. The smallest absolute Gasteiger partial charge is 0.168 e. The highest BCUT2D eigenvalue weighted by molar-refractivity contribution is 5.42. The van der Waals surface area contributed by atoms with Gasteiger partial charge in [-0.3, -0.25) is 0 Å². The van der Waals surface area contributed by atoms with Crippen molar-refractivity contribution >= 4 is 0 Å². The number of ether oxygens (including phenoxy) is 4. The number of rotatable bonds is 5. The highest BCUT2D eigenvalue weighted by Gasteiger charge is 2.40. The molecule has 0 amide bonds. The van der Waals surface area contributed by atoms with Gasteiger partial charge in [-0.25, -0.2) is 0 Å². The number of hydrogen-bond acceptors (Lipinski definition) is 5. The van der Waals surface area contributed by atoms with Gasteiger partial charge in [0.05, 0.1) is 27.4 Å². The minimum atomic E-state index is -0.276. The van der Waals surface area contributed by atoms with Gasteiger partial charge in [0.15, 0.2) is 17.3 Å². The van der Waals surface area contributed by atoms with Crippen molar-refractivity contribution in [3.8, 4) is 11.5 Å². The van der Waals surface area contributed by atoms with E-state index in [1.54, 1.807) is 14.2 Å². The average molecular weight is 307 g/mol. The molecule has 122 valence electrons. The zero-order valence-electron chi connectivity index (χ0n) is 13.4. The number of nitrogens with one attached hydrogen (secondary N) is 1. The van der Waals surface area contributed by atoms with Crippen LogP contribution in [0.15, 0.2) is 18.2 Å². The standard InChI is InChI=1S/C17H25NO4/c1-19-15-4-3-13(11-16(15)20-2)12-18-14-5-7-17(8-6-14)21-9-10-22-17/h3-4,11,14,18H,5-10,12H2,1-2H3. The first kappa shape index (κ1) is 15.6. The lowest BCUT2D eigenvalue weighted by molar-refractivity contribution is -0.179. The first-order valence-electron chi connectivity index (χ1n) is 7.97. The summed E-state index contributed by atoms with van der Waals surface area (Å²) < 4.78 is 22.1. The summed E-state index contributed by atoms with van der Waals surface area (Å²) in [5, 5.41) is 3.63. The molecule has 2 fully saturated rings. The fourth-order valence-electron chi connectivity index (χ4n) is 3.30. The summed E-state index contributed by atoms with van der Waals surface area (Å²) in [5.74, 6) is 1.26. The molecule has 3 rings (SSSR count). The Balaban J connectivity index is 1.51. The minimum Gasteiger partial charge on any atom is -0.493 e. The number of methoxy groups -OCH3 is 2. The van der Waals surface area contributed by atoms with Gasteiger partial charge in [-0.1, -0.05) is 6.07 Å². The third kappa shape index (κ3) is 3.37. The third-order valence-electron chi connectivity index (χ3n) is 4.60. The van der Waals surface area contributed by atoms with Crippen LogP contribution in [0.3, 0.4) is 0 Å². The molecule has 0 aromatic heterocycles. The highest BCUT2D eigenvalue weighted by Crippen LogP contribution is 2.36. The predicted molar refractivity (Wildman–Crippen MR) is 83.3 cm³/mol. The van der Waals surface area contributed by atoms with Crippen molar-refractivity contribution < 1.29 is 18.9 Å². The van der Waals surface area contributed by atoms with E-state index in [0.29, 0.717) is 6.04 Å². The second-order valence-corrected chi connectivity index (χ2v) is 5.95. The largest absolute Gasteiger partial charge is 0.493 e. The van der Waals surface area contributed by atoms with Crippen molar-refractivity contribution in [2.24, 2.45) is 0 Å². The van der Waals surface area contributed by atoms with Crippen LogP contribution in [0.4, 0.5) is 0 Å². The van der Waals surface area contributed by atoms with E-state index in [2.05, 4.69) is 11.4 Å². The summed E-state index contributed by atoms with van der Waals surface area (Å²) in [4.78, 5) is 0. The van der Waals surface area contributed by atoms with Crippen molar-refractivity contribution in [3.05, 3.63) is 23.8 Å². The highest BCUT2D eigenvalue weighted by atomic mass is 16.7. The molecule has 0 radical (unpaired) electrons. The summed E-state index contributed by atoms with van der Waals surface area (Å²) in [7, 11) is 3.32. The van der Waals surface area contributed by atoms with Crippen LogP contribution in [-0.4, -0.2) is 39.3 Å². The molecule has 1 aromatic carbocycles. The summed E-state index contributed by atoms with van der Waals surface area (Å²) in [5.41, 5.74) is 1.20. The van der Waals surface area contributed by atoms with Crippen LogP contribution in [0.5, 0.6) is 11.5 Å². The van der Waals surface area contributed by atoms with Gasteiger partial charge in [0.25, 0.3) is 0 Å². The van der Waals surface area contributed by atoms with E-state index in [0.717, 1.165) is 56.9 Å². The van der Waals surface area contributed by atoms with Crippen molar-refractivity contribution in [2.45, 2.75) is 44.1 Å². The van der Waals surface area contributed by atoms with Crippen molar-refractivity contribution in [3.63, 3.8) is 0 Å². The quantitative estimate of drug-likeness (QED) is 0.905. The Morgan fingerprint density at radius 1 is 1.09 bits per heavy atom. The van der Waals surface area contributed by atoms with E-state index in [1.165, 1.54) is 5.56 Å². The molecule has 1 saturated heterocycles. The zero-order valence-corrected chi connectivity index (χ0v) is 13.4. The average Bonchev–Trinajstić information content (AvgIpc) is 3.02. The van der Waals surface area contributed by atoms with E-state index < -0.39 is 0 Å². The Morgan fingerprint density at radius 2 is 1.77 bits per heavy atom. The molecule has 5 heteroatoms. The minimum absolute atomic E-state index is 0.276. The molecule has 1 aliphatic heterocycles. The van der Waals surface area contributed by atoms with E-state index in [4.69, 9.17) is 18.9 Å². The van der Waals surface area contributed by atoms with Crippen LogP contribution >= 0.6 is 0 Å². The normalized spacial score (nSPS) is 21.2. The van der Waals surface area contributed by atoms with Gasteiger partial charge < -0.3 is 24.3 Å². The van der Waals surface area contributed by atoms with Gasteiger partial charge >= 0.3 is 0 Å². The van der Waals surface area contributed by atoms with Crippen LogP contribution in [0, 0.1) is 0 Å².